The van der Waals surface area contributed by atoms with E-state index in [2.05, 4.69) is 5.32 Å². The van der Waals surface area contributed by atoms with Crippen molar-refractivity contribution < 1.29 is 14.3 Å². The number of ketones is 1. The smallest absolute Gasteiger partial charge is 0.265 e. The van der Waals surface area contributed by atoms with Crippen LogP contribution in [0.4, 0.5) is 17.1 Å². The number of hydrogen-bond acceptors (Lipinski definition) is 4. The molecule has 3 rings (SSSR count). The fraction of sp³-hybridized carbons (Fsp3) is 0.200. The largest absolute Gasteiger partial charge is 0.484 e. The van der Waals surface area contributed by atoms with Gasteiger partial charge in [0.2, 0.25) is 0 Å². The zero-order chi connectivity index (χ0) is 21.5. The highest BCUT2D eigenvalue weighted by molar-refractivity contribution is 5.95. The van der Waals surface area contributed by atoms with Crippen molar-refractivity contribution >= 4 is 28.8 Å². The summed E-state index contributed by atoms with van der Waals surface area (Å²) < 4.78 is 5.64. The average Bonchev–Trinajstić information content (AvgIpc) is 2.74. The van der Waals surface area contributed by atoms with E-state index in [-0.39, 0.29) is 24.3 Å². The van der Waals surface area contributed by atoms with E-state index in [0.717, 1.165) is 17.1 Å². The van der Waals surface area contributed by atoms with Crippen LogP contribution in [0.3, 0.4) is 0 Å². The van der Waals surface area contributed by atoms with Crippen molar-refractivity contribution in [1.29, 1.82) is 0 Å². The van der Waals surface area contributed by atoms with Gasteiger partial charge in [-0.15, -0.1) is 0 Å². The molecule has 0 saturated heterocycles. The Bertz CT molecular complexity index is 981. The van der Waals surface area contributed by atoms with Crippen LogP contribution in [0.15, 0.2) is 78.9 Å². The molecule has 1 amide bonds. The Hall–Kier alpha value is -3.60. The summed E-state index contributed by atoms with van der Waals surface area (Å²) in [7, 11) is 0. The summed E-state index contributed by atoms with van der Waals surface area (Å²) in [5, 5.41) is 3.34. The lowest BCUT2D eigenvalue weighted by Gasteiger charge is -2.27. The molecule has 0 atom stereocenters. The van der Waals surface area contributed by atoms with Gasteiger partial charge in [-0.05, 0) is 81.4 Å². The minimum atomic E-state index is -0.135. The van der Waals surface area contributed by atoms with Gasteiger partial charge in [-0.3, -0.25) is 9.59 Å². The highest BCUT2D eigenvalue weighted by Gasteiger charge is 2.19. The maximum Gasteiger partial charge on any atom is 0.265 e. The molecular formula is C25H26N2O3. The zero-order valence-electron chi connectivity index (χ0n) is 17.5. The van der Waals surface area contributed by atoms with E-state index in [1.807, 2.05) is 68.4 Å². The van der Waals surface area contributed by atoms with Crippen molar-refractivity contribution in [3.05, 3.63) is 84.4 Å². The zero-order valence-corrected chi connectivity index (χ0v) is 17.5. The van der Waals surface area contributed by atoms with Crippen molar-refractivity contribution in [2.45, 2.75) is 26.8 Å². The molecule has 0 fully saturated rings. The minimum Gasteiger partial charge on any atom is -0.484 e. The summed E-state index contributed by atoms with van der Waals surface area (Å²) in [4.78, 5) is 25.9. The molecule has 3 aromatic rings. The monoisotopic (exact) mass is 402 g/mol. The number of rotatable bonds is 8. The topological polar surface area (TPSA) is 58.6 Å². The lowest BCUT2D eigenvalue weighted by Crippen LogP contribution is -2.40. The van der Waals surface area contributed by atoms with Crippen LogP contribution in [-0.2, 0) is 4.79 Å². The highest BCUT2D eigenvalue weighted by Crippen LogP contribution is 2.23. The number of nitrogens with one attached hydrogen (secondary N) is 1. The van der Waals surface area contributed by atoms with Crippen LogP contribution in [0.25, 0.3) is 0 Å². The standard InChI is InChI=1S/C25H26N2O3/c1-18(2)27(25(29)17-30-24-15-9-20(10-16-24)19(3)28)23-13-11-22(12-14-23)26-21-7-5-4-6-8-21/h4-16,18,26H,17H2,1-3H3. The molecular weight excluding hydrogens is 376 g/mol. The molecule has 0 saturated carbocycles. The number of amides is 1. The number of Topliss-reactive ketones (excluding diaryl/α,β-unsaturated/α-hetero) is 1. The average molecular weight is 402 g/mol. The van der Waals surface area contributed by atoms with E-state index < -0.39 is 0 Å². The Morgan fingerprint density at radius 1 is 0.867 bits per heavy atom. The maximum absolute atomic E-state index is 12.8. The Labute approximate surface area is 177 Å². The molecule has 0 aliphatic carbocycles. The fourth-order valence-corrected chi connectivity index (χ4v) is 3.12. The van der Waals surface area contributed by atoms with Crippen molar-refractivity contribution in [3.8, 4) is 5.75 Å². The summed E-state index contributed by atoms with van der Waals surface area (Å²) in [5.41, 5.74) is 3.37. The molecule has 0 aliphatic rings. The van der Waals surface area contributed by atoms with Crippen LogP contribution in [-0.4, -0.2) is 24.3 Å². The van der Waals surface area contributed by atoms with Gasteiger partial charge >= 0.3 is 0 Å². The van der Waals surface area contributed by atoms with Gasteiger partial charge in [-0.1, -0.05) is 18.2 Å². The normalized spacial score (nSPS) is 10.5. The molecule has 0 radical (unpaired) electrons. The van der Waals surface area contributed by atoms with Crippen LogP contribution in [0, 0.1) is 0 Å². The van der Waals surface area contributed by atoms with Gasteiger partial charge in [0.25, 0.3) is 5.91 Å². The summed E-state index contributed by atoms with van der Waals surface area (Å²) >= 11 is 0. The quantitative estimate of drug-likeness (QED) is 0.509. The first-order chi connectivity index (χ1) is 14.4. The van der Waals surface area contributed by atoms with Crippen molar-refractivity contribution in [2.24, 2.45) is 0 Å². The van der Waals surface area contributed by atoms with E-state index in [1.165, 1.54) is 6.92 Å². The number of ether oxygens (including phenoxy) is 1. The first kappa shape index (κ1) is 21.1. The number of hydrogen-bond donors (Lipinski definition) is 1. The van der Waals surface area contributed by atoms with Gasteiger partial charge in [0.1, 0.15) is 5.75 Å². The third kappa shape index (κ3) is 5.47. The van der Waals surface area contributed by atoms with Crippen molar-refractivity contribution in [1.82, 2.24) is 0 Å². The van der Waals surface area contributed by atoms with E-state index >= 15 is 0 Å². The van der Waals surface area contributed by atoms with Crippen LogP contribution < -0.4 is 15.0 Å². The third-order valence-electron chi connectivity index (χ3n) is 4.62. The number of carbonyl (C=O) groups excluding carboxylic acids is 2. The molecule has 3 aromatic carbocycles. The van der Waals surface area contributed by atoms with Gasteiger partial charge in [-0.2, -0.15) is 0 Å². The lowest BCUT2D eigenvalue weighted by molar-refractivity contribution is -0.120. The summed E-state index contributed by atoms with van der Waals surface area (Å²) in [6.07, 6.45) is 0. The van der Waals surface area contributed by atoms with Gasteiger partial charge in [0, 0.05) is 28.7 Å². The molecule has 0 heterocycles. The molecule has 0 aliphatic heterocycles. The fourth-order valence-electron chi connectivity index (χ4n) is 3.12. The summed E-state index contributed by atoms with van der Waals surface area (Å²) in [6.45, 7) is 5.37. The van der Waals surface area contributed by atoms with Crippen LogP contribution in [0.5, 0.6) is 5.75 Å². The number of para-hydroxylation sites is 1. The van der Waals surface area contributed by atoms with Crippen LogP contribution >= 0.6 is 0 Å². The highest BCUT2D eigenvalue weighted by atomic mass is 16.5. The molecule has 1 N–H and O–H groups in total. The van der Waals surface area contributed by atoms with Crippen LogP contribution in [0.2, 0.25) is 0 Å². The van der Waals surface area contributed by atoms with E-state index in [4.69, 9.17) is 4.74 Å². The first-order valence-corrected chi connectivity index (χ1v) is 9.92. The lowest BCUT2D eigenvalue weighted by atomic mass is 10.1. The molecule has 0 unspecified atom stereocenters. The number of nitrogens with zero attached hydrogens (tertiary/aromatic N) is 1. The number of carbonyl (C=O) groups is 2. The Morgan fingerprint density at radius 3 is 2.03 bits per heavy atom. The Morgan fingerprint density at radius 2 is 1.47 bits per heavy atom. The van der Waals surface area contributed by atoms with Gasteiger partial charge in [0.05, 0.1) is 0 Å². The maximum atomic E-state index is 12.8. The second-order valence-corrected chi connectivity index (χ2v) is 7.26. The van der Waals surface area contributed by atoms with Crippen LogP contribution in [0.1, 0.15) is 31.1 Å². The van der Waals surface area contributed by atoms with Gasteiger partial charge in [-0.25, -0.2) is 0 Å². The molecule has 0 spiro atoms. The molecule has 5 heteroatoms. The number of anilines is 3. The van der Waals surface area contributed by atoms with Crippen molar-refractivity contribution in [2.75, 3.05) is 16.8 Å². The minimum absolute atomic E-state index is 0.00573. The van der Waals surface area contributed by atoms with E-state index in [1.54, 1.807) is 29.2 Å². The van der Waals surface area contributed by atoms with Crippen molar-refractivity contribution in [3.63, 3.8) is 0 Å². The number of benzene rings is 3. The Kier molecular flexibility index (Phi) is 6.86. The predicted octanol–water partition coefficient (Wildman–Crippen LogP) is 5.45. The SMILES string of the molecule is CC(=O)c1ccc(OCC(=O)N(c2ccc(Nc3ccccc3)cc2)C(C)C)cc1. The van der Waals surface area contributed by atoms with E-state index in [0.29, 0.717) is 11.3 Å². The summed E-state index contributed by atoms with van der Waals surface area (Å²) in [6, 6.07) is 24.4. The summed E-state index contributed by atoms with van der Waals surface area (Å²) in [5.74, 6) is 0.415. The Balaban J connectivity index is 1.65. The second-order valence-electron chi connectivity index (χ2n) is 7.26. The molecule has 30 heavy (non-hydrogen) atoms. The molecule has 0 bridgehead atoms. The molecule has 5 nitrogen and oxygen atoms in total. The third-order valence-corrected chi connectivity index (χ3v) is 4.62. The predicted molar refractivity (Wildman–Crippen MR) is 121 cm³/mol. The molecule has 154 valence electrons. The second kappa shape index (κ2) is 9.74. The van der Waals surface area contributed by atoms with Gasteiger partial charge < -0.3 is 15.0 Å². The van der Waals surface area contributed by atoms with E-state index in [9.17, 15) is 9.59 Å². The molecule has 0 aromatic heterocycles. The first-order valence-electron chi connectivity index (χ1n) is 9.92. The van der Waals surface area contributed by atoms with Gasteiger partial charge in [0.15, 0.2) is 12.4 Å².